The van der Waals surface area contributed by atoms with Gasteiger partial charge in [-0.05, 0) is 167 Å². The smallest absolute Gasteiger partial charge is 0.167 e. The number of aromatic nitrogens is 2. The molecule has 2 aromatic heterocycles. The Balaban J connectivity index is 0.00000261. The lowest BCUT2D eigenvalue weighted by Crippen LogP contribution is -2.38. The minimum absolute atomic E-state index is 0. The molecule has 0 N–H and O–H groups in total. The number of pyridine rings is 2. The number of fused-ring (bicyclic) bond motifs is 4. The molecule has 0 spiro atoms. The molecule has 0 amide bonds. The summed E-state index contributed by atoms with van der Waals surface area (Å²) in [6.07, 6.45) is 21.6. The maximum Gasteiger partial charge on any atom is 0.167 e. The average Bonchev–Trinajstić information content (AvgIpc) is 3.80. The maximum absolute atomic E-state index is 13.9. The summed E-state index contributed by atoms with van der Waals surface area (Å²) in [7, 11) is 0. The fourth-order valence-electron chi connectivity index (χ4n) is 9.36. The molecule has 7 nitrogen and oxygen atoms in total. The Bertz CT molecular complexity index is 2530. The largest absolute Gasteiger partial charge is 0.494 e. The molecule has 3 atom stereocenters. The Morgan fingerprint density at radius 3 is 2.53 bits per heavy atom. The van der Waals surface area contributed by atoms with Crippen molar-refractivity contribution in [1.29, 1.82) is 0 Å². The van der Waals surface area contributed by atoms with Gasteiger partial charge in [-0.15, -0.1) is 11.5 Å². The minimum atomic E-state index is -0.308. The number of ether oxygens (including phenoxy) is 2. The highest BCUT2D eigenvalue weighted by atomic mass is 16.5. The van der Waals surface area contributed by atoms with Gasteiger partial charge in [0.25, 0.3) is 0 Å². The van der Waals surface area contributed by atoms with Gasteiger partial charge in [-0.1, -0.05) is 64.0 Å². The van der Waals surface area contributed by atoms with Crippen LogP contribution >= 0.6 is 0 Å². The zero-order valence-electron chi connectivity index (χ0n) is 38.9. The van der Waals surface area contributed by atoms with E-state index in [1.54, 1.807) is 6.92 Å². The highest BCUT2D eigenvalue weighted by Gasteiger charge is 2.37. The summed E-state index contributed by atoms with van der Waals surface area (Å²) in [6.45, 7) is 25.6. The SMILES string of the molecule is C=C=C1CC(C(CCC(C)=O)C(C)=C=C)C(=O)c2cc(OCCCCCN3CCC(OC4CC=C(C(=C)/C=C\C(=C/C)c5ccc6c(ccc7ccncc76)n5)C4)CC3)ccc21.CC.[HH]. The van der Waals surface area contributed by atoms with E-state index in [4.69, 9.17) is 14.5 Å². The van der Waals surface area contributed by atoms with E-state index in [0.717, 1.165) is 114 Å². The second kappa shape index (κ2) is 23.3. The Hall–Kier alpha value is -5.68. The summed E-state index contributed by atoms with van der Waals surface area (Å²) >= 11 is 0. The van der Waals surface area contributed by atoms with E-state index in [1.165, 1.54) is 11.0 Å². The second-order valence-electron chi connectivity index (χ2n) is 17.2. The van der Waals surface area contributed by atoms with Gasteiger partial charge in [0.2, 0.25) is 0 Å². The fourth-order valence-corrected chi connectivity index (χ4v) is 9.36. The standard InChI is InChI=1S/C55H61N3O4.C2H6.H2/c1-7-37(4)47(20-14-39(6)59)50-34-41(9-3)48-21-19-45(35-51(48)55(50)60)61-32-12-10-11-29-58-30-26-44(27-31-58)62-46-18-16-43(33-46)38(5)13-15-40(8-2)53-24-22-49-52-36-56-28-25-42(52)17-23-54(49)57-53;1-2;/h8,13,15-17,19,21-25,28,35-36,44,46-47,50H,1,3,5,10-12,14,18,20,26-27,29-34H2,2,4,6H3;1-2H3;1H/b15-13-,40-8+;;. The molecule has 2 aliphatic carbocycles. The summed E-state index contributed by atoms with van der Waals surface area (Å²) in [6, 6.07) is 16.2. The number of carbonyl (C=O) groups is 2. The summed E-state index contributed by atoms with van der Waals surface area (Å²) in [4.78, 5) is 37.6. The first-order valence-electron chi connectivity index (χ1n) is 23.5. The van der Waals surface area contributed by atoms with E-state index < -0.39 is 0 Å². The maximum atomic E-state index is 13.9. The van der Waals surface area contributed by atoms with Crippen LogP contribution in [0.4, 0.5) is 0 Å². The molecule has 3 heterocycles. The fraction of sp³-hybridized carbons (Fsp3) is 0.404. The summed E-state index contributed by atoms with van der Waals surface area (Å²) in [5.74, 6) is 0.472. The molecule has 0 radical (unpaired) electrons. The van der Waals surface area contributed by atoms with E-state index >= 15 is 0 Å². The van der Waals surface area contributed by atoms with Crippen molar-refractivity contribution in [2.45, 2.75) is 111 Å². The number of unbranched alkanes of at least 4 members (excludes halogenated alkanes) is 2. The number of allylic oxidation sites excluding steroid dienone is 7. The molecule has 336 valence electrons. The normalized spacial score (nSPS) is 18.5. The third-order valence-electron chi connectivity index (χ3n) is 13.0. The first kappa shape index (κ1) is 47.8. The molecule has 2 aromatic carbocycles. The zero-order valence-corrected chi connectivity index (χ0v) is 38.9. The molecule has 4 aromatic rings. The van der Waals surface area contributed by atoms with E-state index in [1.807, 2.05) is 57.4 Å². The Morgan fingerprint density at radius 2 is 1.78 bits per heavy atom. The molecular weight excluding hydrogens is 791 g/mol. The van der Waals surface area contributed by atoms with Crippen LogP contribution < -0.4 is 4.74 Å². The predicted octanol–water partition coefficient (Wildman–Crippen LogP) is 13.5. The lowest BCUT2D eigenvalue weighted by atomic mass is 9.70. The van der Waals surface area contributed by atoms with Gasteiger partial charge in [0.05, 0.1) is 30.0 Å². The van der Waals surface area contributed by atoms with Crippen molar-refractivity contribution in [3.8, 4) is 5.75 Å². The average molecular weight is 860 g/mol. The third kappa shape index (κ3) is 11.9. The van der Waals surface area contributed by atoms with Crippen LogP contribution in [0.5, 0.6) is 5.75 Å². The Kier molecular flexibility index (Phi) is 17.4. The van der Waals surface area contributed by atoms with Crippen LogP contribution in [0.25, 0.3) is 32.8 Å². The van der Waals surface area contributed by atoms with Gasteiger partial charge in [0.1, 0.15) is 11.5 Å². The minimum Gasteiger partial charge on any atom is -0.494 e. The highest BCUT2D eigenvalue weighted by molar-refractivity contribution is 6.07. The van der Waals surface area contributed by atoms with Crippen molar-refractivity contribution in [3.63, 3.8) is 0 Å². The summed E-state index contributed by atoms with van der Waals surface area (Å²) in [5.41, 5.74) is 14.7. The molecule has 7 rings (SSSR count). The van der Waals surface area contributed by atoms with Gasteiger partial charge in [-0.2, -0.15) is 0 Å². The van der Waals surface area contributed by atoms with Crippen molar-refractivity contribution < 1.29 is 20.5 Å². The highest BCUT2D eigenvalue weighted by Crippen LogP contribution is 2.42. The number of rotatable bonds is 18. The quantitative estimate of drug-likeness (QED) is 0.0426. The number of nitrogens with zero attached hydrogens (tertiary/aromatic N) is 3. The number of benzene rings is 2. The van der Waals surface area contributed by atoms with Gasteiger partial charge in [0.15, 0.2) is 5.78 Å². The summed E-state index contributed by atoms with van der Waals surface area (Å²) < 4.78 is 12.8. The number of hydrogen-bond donors (Lipinski definition) is 0. The number of piperidine rings is 1. The molecule has 1 aliphatic heterocycles. The van der Waals surface area contributed by atoms with Crippen molar-refractivity contribution in [3.05, 3.63) is 150 Å². The molecule has 0 saturated carbocycles. The van der Waals surface area contributed by atoms with Gasteiger partial charge in [-0.3, -0.25) is 9.78 Å². The van der Waals surface area contributed by atoms with Crippen LogP contribution in [-0.4, -0.2) is 64.9 Å². The van der Waals surface area contributed by atoms with E-state index in [9.17, 15) is 9.59 Å². The summed E-state index contributed by atoms with van der Waals surface area (Å²) in [5, 5.41) is 3.39. The topological polar surface area (TPSA) is 81.6 Å². The molecule has 1 saturated heterocycles. The molecule has 7 heteroatoms. The number of ketones is 2. The molecule has 3 aliphatic rings. The van der Waals surface area contributed by atoms with Crippen molar-refractivity contribution in [2.75, 3.05) is 26.2 Å². The molecule has 1 fully saturated rings. The van der Waals surface area contributed by atoms with Crippen LogP contribution in [0.2, 0.25) is 0 Å². The number of likely N-dealkylation sites (tertiary alicyclic amines) is 1. The van der Waals surface area contributed by atoms with Gasteiger partial charge in [0, 0.05) is 61.2 Å². The molecule has 3 unspecified atom stereocenters. The van der Waals surface area contributed by atoms with Crippen molar-refractivity contribution in [2.24, 2.45) is 11.8 Å². The monoisotopic (exact) mass is 860 g/mol. The van der Waals surface area contributed by atoms with Crippen LogP contribution in [0, 0.1) is 11.8 Å². The lowest BCUT2D eigenvalue weighted by Gasteiger charge is -2.33. The number of carbonyl (C=O) groups excluding carboxylic acids is 2. The van der Waals surface area contributed by atoms with Crippen molar-refractivity contribution in [1.82, 2.24) is 14.9 Å². The number of hydrogen-bond acceptors (Lipinski definition) is 7. The third-order valence-corrected chi connectivity index (χ3v) is 13.0. The van der Waals surface area contributed by atoms with Gasteiger partial charge in [-0.25, -0.2) is 4.98 Å². The molecule has 0 bridgehead atoms. The van der Waals surface area contributed by atoms with E-state index in [0.29, 0.717) is 43.3 Å². The predicted molar refractivity (Wildman–Crippen MR) is 267 cm³/mol. The second-order valence-corrected chi connectivity index (χ2v) is 17.2. The first-order chi connectivity index (χ1) is 31.1. The lowest BCUT2D eigenvalue weighted by molar-refractivity contribution is -0.117. The van der Waals surface area contributed by atoms with Crippen LogP contribution in [0.3, 0.4) is 0 Å². The van der Waals surface area contributed by atoms with Crippen LogP contribution in [0.1, 0.15) is 122 Å². The molecular formula is C57H69N3O4. The molecule has 64 heavy (non-hydrogen) atoms. The van der Waals surface area contributed by atoms with Gasteiger partial charge < -0.3 is 19.2 Å². The van der Waals surface area contributed by atoms with Crippen LogP contribution in [-0.2, 0) is 9.53 Å². The van der Waals surface area contributed by atoms with E-state index in [2.05, 4.69) is 96.6 Å². The van der Waals surface area contributed by atoms with Crippen LogP contribution in [0.15, 0.2) is 133 Å². The van der Waals surface area contributed by atoms with Crippen molar-refractivity contribution >= 4 is 44.4 Å². The Morgan fingerprint density at radius 1 is 0.969 bits per heavy atom. The first-order valence-corrected chi connectivity index (χ1v) is 23.5. The number of Topliss-reactive ketones (excluding diaryl/α,β-unsaturated/α-hetero) is 2. The van der Waals surface area contributed by atoms with Gasteiger partial charge >= 0.3 is 0 Å². The Labute approximate surface area is 383 Å². The van der Waals surface area contributed by atoms with E-state index in [-0.39, 0.29) is 30.9 Å². The zero-order chi connectivity index (χ0) is 45.6.